The van der Waals surface area contributed by atoms with Crippen molar-refractivity contribution in [3.63, 3.8) is 0 Å². The summed E-state index contributed by atoms with van der Waals surface area (Å²) in [6.45, 7) is 5.23. The number of hydrogen-bond donors (Lipinski definition) is 1. The zero-order valence-corrected chi connectivity index (χ0v) is 11.1. The lowest BCUT2D eigenvalue weighted by Crippen LogP contribution is -2.19. The quantitative estimate of drug-likeness (QED) is 0.870. The first kappa shape index (κ1) is 12.3. The molecular weight excluding hydrogens is 228 g/mol. The SMILES string of the molecule is CCC(NCc1ccncc1C)c1cccs1. The molecule has 2 nitrogen and oxygen atoms in total. The molecule has 2 aromatic heterocycles. The summed E-state index contributed by atoms with van der Waals surface area (Å²) in [6, 6.07) is 6.86. The van der Waals surface area contributed by atoms with Crippen LogP contribution in [0.3, 0.4) is 0 Å². The molecule has 0 aliphatic rings. The van der Waals surface area contributed by atoms with Gasteiger partial charge in [-0.1, -0.05) is 13.0 Å². The lowest BCUT2D eigenvalue weighted by atomic mass is 10.1. The average molecular weight is 246 g/mol. The number of thiophene rings is 1. The summed E-state index contributed by atoms with van der Waals surface area (Å²) >= 11 is 1.82. The van der Waals surface area contributed by atoms with Crippen molar-refractivity contribution in [2.24, 2.45) is 0 Å². The van der Waals surface area contributed by atoms with Gasteiger partial charge in [0, 0.05) is 29.9 Å². The summed E-state index contributed by atoms with van der Waals surface area (Å²) in [4.78, 5) is 5.53. The van der Waals surface area contributed by atoms with Gasteiger partial charge in [0.15, 0.2) is 0 Å². The lowest BCUT2D eigenvalue weighted by Gasteiger charge is -2.16. The first-order valence-electron chi connectivity index (χ1n) is 5.97. The molecule has 1 unspecified atom stereocenters. The molecule has 2 aromatic rings. The van der Waals surface area contributed by atoms with Crippen LogP contribution in [0.15, 0.2) is 36.0 Å². The van der Waals surface area contributed by atoms with E-state index >= 15 is 0 Å². The fourth-order valence-electron chi connectivity index (χ4n) is 1.87. The summed E-state index contributed by atoms with van der Waals surface area (Å²) in [5.74, 6) is 0. The van der Waals surface area contributed by atoms with Crippen LogP contribution in [-0.2, 0) is 6.54 Å². The summed E-state index contributed by atoms with van der Waals surface area (Å²) in [7, 11) is 0. The molecule has 1 atom stereocenters. The Morgan fingerprint density at radius 3 is 2.94 bits per heavy atom. The van der Waals surface area contributed by atoms with Crippen molar-refractivity contribution in [1.82, 2.24) is 10.3 Å². The van der Waals surface area contributed by atoms with Crippen LogP contribution in [0.1, 0.15) is 35.4 Å². The molecule has 3 heteroatoms. The van der Waals surface area contributed by atoms with E-state index in [4.69, 9.17) is 0 Å². The Kier molecular flexibility index (Phi) is 4.29. The topological polar surface area (TPSA) is 24.9 Å². The standard InChI is InChI=1S/C14H18N2S/c1-3-13(14-5-4-8-17-14)16-10-12-6-7-15-9-11(12)2/h4-9,13,16H,3,10H2,1-2H3. The summed E-state index contributed by atoms with van der Waals surface area (Å²) in [5.41, 5.74) is 2.58. The van der Waals surface area contributed by atoms with Gasteiger partial charge in [-0.15, -0.1) is 11.3 Å². The fraction of sp³-hybridized carbons (Fsp3) is 0.357. The highest BCUT2D eigenvalue weighted by atomic mass is 32.1. The highest BCUT2D eigenvalue weighted by molar-refractivity contribution is 7.10. The van der Waals surface area contributed by atoms with Crippen LogP contribution in [0, 0.1) is 6.92 Å². The maximum Gasteiger partial charge on any atom is 0.0414 e. The number of aryl methyl sites for hydroxylation is 1. The number of rotatable bonds is 5. The number of nitrogens with one attached hydrogen (secondary N) is 1. The maximum atomic E-state index is 4.12. The van der Waals surface area contributed by atoms with Crippen molar-refractivity contribution >= 4 is 11.3 Å². The van der Waals surface area contributed by atoms with Gasteiger partial charge in [-0.2, -0.15) is 0 Å². The Labute approximate surface area is 107 Å². The molecule has 0 bridgehead atoms. The molecule has 1 N–H and O–H groups in total. The second-order valence-electron chi connectivity index (χ2n) is 4.16. The maximum absolute atomic E-state index is 4.12. The molecule has 2 heterocycles. The predicted octanol–water partition coefficient (Wildman–Crippen LogP) is 3.69. The third-order valence-corrected chi connectivity index (χ3v) is 3.96. The number of nitrogens with zero attached hydrogens (tertiary/aromatic N) is 1. The Hall–Kier alpha value is -1.19. The molecule has 0 saturated heterocycles. The molecule has 2 rings (SSSR count). The van der Waals surface area contributed by atoms with Gasteiger partial charge < -0.3 is 5.32 Å². The lowest BCUT2D eigenvalue weighted by molar-refractivity contribution is 0.525. The van der Waals surface area contributed by atoms with E-state index < -0.39 is 0 Å². The van der Waals surface area contributed by atoms with Crippen LogP contribution >= 0.6 is 11.3 Å². The summed E-state index contributed by atoms with van der Waals surface area (Å²) in [6.07, 6.45) is 4.89. The first-order valence-corrected chi connectivity index (χ1v) is 6.85. The van der Waals surface area contributed by atoms with E-state index in [1.54, 1.807) is 0 Å². The molecule has 0 spiro atoms. The zero-order chi connectivity index (χ0) is 12.1. The molecule has 0 aliphatic carbocycles. The monoisotopic (exact) mass is 246 g/mol. The van der Waals surface area contributed by atoms with Gasteiger partial charge in [0.1, 0.15) is 0 Å². The molecule has 90 valence electrons. The fourth-order valence-corrected chi connectivity index (χ4v) is 2.76. The van der Waals surface area contributed by atoms with E-state index in [1.165, 1.54) is 16.0 Å². The molecule has 17 heavy (non-hydrogen) atoms. The third kappa shape index (κ3) is 3.14. The van der Waals surface area contributed by atoms with E-state index in [1.807, 2.05) is 23.7 Å². The van der Waals surface area contributed by atoms with Crippen molar-refractivity contribution in [3.8, 4) is 0 Å². The number of hydrogen-bond acceptors (Lipinski definition) is 3. The molecule has 0 aromatic carbocycles. The smallest absolute Gasteiger partial charge is 0.0414 e. The van der Waals surface area contributed by atoms with Crippen molar-refractivity contribution in [2.45, 2.75) is 32.9 Å². The highest BCUT2D eigenvalue weighted by Gasteiger charge is 2.09. The van der Waals surface area contributed by atoms with E-state index in [0.717, 1.165) is 13.0 Å². The Bertz CT molecular complexity index is 451. The average Bonchev–Trinajstić information content (AvgIpc) is 2.86. The second kappa shape index (κ2) is 5.94. The van der Waals surface area contributed by atoms with Crippen LogP contribution in [0.5, 0.6) is 0 Å². The summed E-state index contributed by atoms with van der Waals surface area (Å²) < 4.78 is 0. The van der Waals surface area contributed by atoms with Gasteiger partial charge in [-0.05, 0) is 42.0 Å². The molecular formula is C14H18N2S. The van der Waals surface area contributed by atoms with Gasteiger partial charge in [-0.3, -0.25) is 4.98 Å². The normalized spacial score (nSPS) is 12.6. The van der Waals surface area contributed by atoms with Crippen molar-refractivity contribution in [2.75, 3.05) is 0 Å². The highest BCUT2D eigenvalue weighted by Crippen LogP contribution is 2.22. The van der Waals surface area contributed by atoms with E-state index in [2.05, 4.69) is 47.7 Å². The first-order chi connectivity index (χ1) is 8.31. The van der Waals surface area contributed by atoms with Crippen LogP contribution < -0.4 is 5.32 Å². The van der Waals surface area contributed by atoms with E-state index in [0.29, 0.717) is 6.04 Å². The minimum absolute atomic E-state index is 0.461. The zero-order valence-electron chi connectivity index (χ0n) is 10.3. The van der Waals surface area contributed by atoms with Crippen molar-refractivity contribution < 1.29 is 0 Å². The van der Waals surface area contributed by atoms with Gasteiger partial charge in [-0.25, -0.2) is 0 Å². The Morgan fingerprint density at radius 2 is 2.29 bits per heavy atom. The minimum Gasteiger partial charge on any atom is -0.305 e. The molecule has 0 radical (unpaired) electrons. The van der Waals surface area contributed by atoms with Crippen LogP contribution in [0.4, 0.5) is 0 Å². The van der Waals surface area contributed by atoms with Crippen LogP contribution in [-0.4, -0.2) is 4.98 Å². The summed E-state index contributed by atoms with van der Waals surface area (Å²) in [5, 5.41) is 5.75. The molecule has 0 amide bonds. The number of aromatic nitrogens is 1. The molecule has 0 aliphatic heterocycles. The van der Waals surface area contributed by atoms with Crippen molar-refractivity contribution in [3.05, 3.63) is 52.0 Å². The van der Waals surface area contributed by atoms with Crippen LogP contribution in [0.2, 0.25) is 0 Å². The van der Waals surface area contributed by atoms with Gasteiger partial charge in [0.05, 0.1) is 0 Å². The largest absolute Gasteiger partial charge is 0.305 e. The van der Waals surface area contributed by atoms with E-state index in [-0.39, 0.29) is 0 Å². The Balaban J connectivity index is 2.00. The van der Waals surface area contributed by atoms with Crippen LogP contribution in [0.25, 0.3) is 0 Å². The molecule has 0 saturated carbocycles. The Morgan fingerprint density at radius 1 is 1.41 bits per heavy atom. The van der Waals surface area contributed by atoms with E-state index in [9.17, 15) is 0 Å². The second-order valence-corrected chi connectivity index (χ2v) is 5.14. The van der Waals surface area contributed by atoms with Gasteiger partial charge in [0.25, 0.3) is 0 Å². The van der Waals surface area contributed by atoms with Gasteiger partial charge in [0.2, 0.25) is 0 Å². The predicted molar refractivity (Wildman–Crippen MR) is 73.2 cm³/mol. The number of pyridine rings is 1. The minimum atomic E-state index is 0.461. The third-order valence-electron chi connectivity index (χ3n) is 2.97. The van der Waals surface area contributed by atoms with Crippen molar-refractivity contribution in [1.29, 1.82) is 0 Å². The van der Waals surface area contributed by atoms with Gasteiger partial charge >= 0.3 is 0 Å². The molecule has 0 fully saturated rings.